The maximum atomic E-state index is 12.2. The van der Waals surface area contributed by atoms with E-state index in [0.717, 1.165) is 25.0 Å². The van der Waals surface area contributed by atoms with Crippen molar-refractivity contribution in [2.24, 2.45) is 0 Å². The first kappa shape index (κ1) is 15.4. The fourth-order valence-corrected chi connectivity index (χ4v) is 4.20. The van der Waals surface area contributed by atoms with Crippen molar-refractivity contribution in [3.8, 4) is 0 Å². The summed E-state index contributed by atoms with van der Waals surface area (Å²) in [5, 5.41) is 9.55. The number of hydrogen-bond acceptors (Lipinski definition) is 4. The highest BCUT2D eigenvalue weighted by Gasteiger charge is 2.35. The summed E-state index contributed by atoms with van der Waals surface area (Å²) in [5.41, 5.74) is 0.112. The molecular formula is C14H22N2O3S. The third-order valence-corrected chi connectivity index (χ3v) is 5.32. The Hall–Kier alpha value is -0.980. The molecule has 1 aromatic heterocycles. The van der Waals surface area contributed by atoms with Gasteiger partial charge in [-0.3, -0.25) is 4.98 Å². The highest BCUT2D eigenvalue weighted by atomic mass is 32.2. The van der Waals surface area contributed by atoms with Crippen molar-refractivity contribution in [1.29, 1.82) is 0 Å². The van der Waals surface area contributed by atoms with Crippen LogP contribution in [0.3, 0.4) is 0 Å². The SMILES string of the molecule is O=S(=O)(CCc1ccccn1)NC1(CO)CCCCC1. The molecule has 2 N–H and O–H groups in total. The molecule has 1 aromatic rings. The quantitative estimate of drug-likeness (QED) is 0.828. The average molecular weight is 298 g/mol. The van der Waals surface area contributed by atoms with Crippen molar-refractivity contribution in [3.63, 3.8) is 0 Å². The molecule has 6 heteroatoms. The van der Waals surface area contributed by atoms with Gasteiger partial charge >= 0.3 is 0 Å². The average Bonchev–Trinajstić information content (AvgIpc) is 2.47. The fourth-order valence-electron chi connectivity index (χ4n) is 2.69. The molecule has 5 nitrogen and oxygen atoms in total. The van der Waals surface area contributed by atoms with Crippen LogP contribution in [-0.2, 0) is 16.4 Å². The zero-order valence-corrected chi connectivity index (χ0v) is 12.4. The third kappa shape index (κ3) is 4.26. The van der Waals surface area contributed by atoms with E-state index in [1.165, 1.54) is 0 Å². The van der Waals surface area contributed by atoms with Crippen LogP contribution in [0.25, 0.3) is 0 Å². The summed E-state index contributed by atoms with van der Waals surface area (Å²) in [7, 11) is -3.40. The number of aliphatic hydroxyl groups excluding tert-OH is 1. The lowest BCUT2D eigenvalue weighted by molar-refractivity contribution is 0.142. The number of pyridine rings is 1. The van der Waals surface area contributed by atoms with E-state index in [0.29, 0.717) is 19.3 Å². The Kier molecular flexibility index (Phi) is 5.12. The van der Waals surface area contributed by atoms with Gasteiger partial charge in [-0.1, -0.05) is 25.3 Å². The lowest BCUT2D eigenvalue weighted by atomic mass is 9.83. The number of aryl methyl sites for hydroxylation is 1. The molecule has 1 aliphatic rings. The number of nitrogens with zero attached hydrogens (tertiary/aromatic N) is 1. The summed E-state index contributed by atoms with van der Waals surface area (Å²) >= 11 is 0. The Balaban J connectivity index is 1.96. The van der Waals surface area contributed by atoms with E-state index in [9.17, 15) is 13.5 Å². The summed E-state index contributed by atoms with van der Waals surface area (Å²) in [6.07, 6.45) is 6.51. The highest BCUT2D eigenvalue weighted by Crippen LogP contribution is 2.28. The van der Waals surface area contributed by atoms with E-state index >= 15 is 0 Å². The van der Waals surface area contributed by atoms with Crippen LogP contribution in [0.2, 0.25) is 0 Å². The predicted octanol–water partition coefficient (Wildman–Crippen LogP) is 1.24. The molecule has 20 heavy (non-hydrogen) atoms. The predicted molar refractivity (Wildman–Crippen MR) is 77.8 cm³/mol. The number of aliphatic hydroxyl groups is 1. The maximum Gasteiger partial charge on any atom is 0.212 e. The molecular weight excluding hydrogens is 276 g/mol. The number of hydrogen-bond donors (Lipinski definition) is 2. The van der Waals surface area contributed by atoms with Crippen LogP contribution in [0.1, 0.15) is 37.8 Å². The molecule has 0 amide bonds. The lowest BCUT2D eigenvalue weighted by Crippen LogP contribution is -2.53. The molecule has 112 valence electrons. The molecule has 0 unspecified atom stereocenters. The van der Waals surface area contributed by atoms with Gasteiger partial charge in [0.1, 0.15) is 0 Å². The Bertz CT molecular complexity index is 510. The van der Waals surface area contributed by atoms with Crippen molar-refractivity contribution in [3.05, 3.63) is 30.1 Å². The van der Waals surface area contributed by atoms with Crippen LogP contribution in [0, 0.1) is 0 Å². The molecule has 1 saturated carbocycles. The van der Waals surface area contributed by atoms with Crippen molar-refractivity contribution in [1.82, 2.24) is 9.71 Å². The second kappa shape index (κ2) is 6.65. The van der Waals surface area contributed by atoms with Gasteiger partial charge in [0.2, 0.25) is 10.0 Å². The minimum Gasteiger partial charge on any atom is -0.394 e. The molecule has 1 heterocycles. The molecule has 0 saturated heterocycles. The second-order valence-electron chi connectivity index (χ2n) is 5.49. The van der Waals surface area contributed by atoms with Gasteiger partial charge in [-0.15, -0.1) is 0 Å². The smallest absolute Gasteiger partial charge is 0.212 e. The van der Waals surface area contributed by atoms with Crippen LogP contribution in [-0.4, -0.2) is 36.4 Å². The van der Waals surface area contributed by atoms with Crippen molar-refractivity contribution in [2.45, 2.75) is 44.1 Å². The monoisotopic (exact) mass is 298 g/mol. The van der Waals surface area contributed by atoms with Gasteiger partial charge in [0.15, 0.2) is 0 Å². The third-order valence-electron chi connectivity index (χ3n) is 3.84. The second-order valence-corrected chi connectivity index (χ2v) is 7.33. The molecule has 0 radical (unpaired) electrons. The largest absolute Gasteiger partial charge is 0.394 e. The Morgan fingerprint density at radius 2 is 2.00 bits per heavy atom. The van der Waals surface area contributed by atoms with Crippen molar-refractivity contribution < 1.29 is 13.5 Å². The van der Waals surface area contributed by atoms with E-state index in [1.54, 1.807) is 12.3 Å². The number of nitrogens with one attached hydrogen (secondary N) is 1. The first-order valence-corrected chi connectivity index (χ1v) is 8.73. The first-order chi connectivity index (χ1) is 9.55. The maximum absolute atomic E-state index is 12.2. The van der Waals surface area contributed by atoms with E-state index < -0.39 is 15.6 Å². The number of rotatable bonds is 6. The number of aromatic nitrogens is 1. The Morgan fingerprint density at radius 3 is 2.60 bits per heavy atom. The van der Waals surface area contributed by atoms with Crippen LogP contribution < -0.4 is 4.72 Å². The van der Waals surface area contributed by atoms with Gasteiger partial charge in [0, 0.05) is 18.3 Å². The zero-order valence-electron chi connectivity index (χ0n) is 11.6. The topological polar surface area (TPSA) is 79.3 Å². The van der Waals surface area contributed by atoms with E-state index in [2.05, 4.69) is 9.71 Å². The van der Waals surface area contributed by atoms with Gasteiger partial charge in [0.05, 0.1) is 17.9 Å². The van der Waals surface area contributed by atoms with Gasteiger partial charge in [0.25, 0.3) is 0 Å². The number of sulfonamides is 1. The lowest BCUT2D eigenvalue weighted by Gasteiger charge is -2.36. The van der Waals surface area contributed by atoms with Gasteiger partial charge < -0.3 is 5.11 Å². The molecule has 0 bridgehead atoms. The molecule has 0 atom stereocenters. The van der Waals surface area contributed by atoms with E-state index in [1.807, 2.05) is 12.1 Å². The van der Waals surface area contributed by atoms with Crippen LogP contribution >= 0.6 is 0 Å². The minimum absolute atomic E-state index is 0.00572. The molecule has 0 aliphatic heterocycles. The molecule has 1 aliphatic carbocycles. The minimum atomic E-state index is -3.40. The Labute approximate surface area is 120 Å². The fraction of sp³-hybridized carbons (Fsp3) is 0.643. The zero-order chi connectivity index (χ0) is 14.5. The van der Waals surface area contributed by atoms with Crippen LogP contribution in [0.4, 0.5) is 0 Å². The molecule has 1 fully saturated rings. The Morgan fingerprint density at radius 1 is 1.25 bits per heavy atom. The van der Waals surface area contributed by atoms with E-state index in [-0.39, 0.29) is 12.4 Å². The first-order valence-electron chi connectivity index (χ1n) is 7.08. The summed E-state index contributed by atoms with van der Waals surface area (Å²) in [6, 6.07) is 5.47. The van der Waals surface area contributed by atoms with Crippen LogP contribution in [0.15, 0.2) is 24.4 Å². The van der Waals surface area contributed by atoms with Crippen molar-refractivity contribution in [2.75, 3.05) is 12.4 Å². The van der Waals surface area contributed by atoms with Gasteiger partial charge in [-0.25, -0.2) is 13.1 Å². The van der Waals surface area contributed by atoms with Crippen LogP contribution in [0.5, 0.6) is 0 Å². The summed E-state index contributed by atoms with van der Waals surface area (Å²) in [4.78, 5) is 4.12. The van der Waals surface area contributed by atoms with Gasteiger partial charge in [-0.05, 0) is 25.0 Å². The standard InChI is InChI=1S/C14H22N2O3S/c17-12-14(8-3-1-4-9-14)16-20(18,19)11-7-13-6-2-5-10-15-13/h2,5-6,10,16-17H,1,3-4,7-9,11-12H2. The van der Waals surface area contributed by atoms with Gasteiger partial charge in [-0.2, -0.15) is 0 Å². The molecule has 0 aromatic carbocycles. The molecule has 0 spiro atoms. The van der Waals surface area contributed by atoms with E-state index in [4.69, 9.17) is 0 Å². The highest BCUT2D eigenvalue weighted by molar-refractivity contribution is 7.89. The van der Waals surface area contributed by atoms with Crippen molar-refractivity contribution >= 4 is 10.0 Å². The summed E-state index contributed by atoms with van der Waals surface area (Å²) in [6.45, 7) is -0.129. The summed E-state index contributed by atoms with van der Waals surface area (Å²) < 4.78 is 27.1. The summed E-state index contributed by atoms with van der Waals surface area (Å²) in [5.74, 6) is 0.00572. The molecule has 2 rings (SSSR count). The normalized spacial score (nSPS) is 18.9.